The molecule has 11 heteroatoms. The third-order valence-electron chi connectivity index (χ3n) is 7.05. The molecule has 0 unspecified atom stereocenters. The number of ether oxygens (including phenoxy) is 4. The van der Waals surface area contributed by atoms with E-state index in [9.17, 15) is 9.67 Å². The molecule has 0 bridgehead atoms. The maximum absolute atomic E-state index is 16.5. The van der Waals surface area contributed by atoms with Crippen molar-refractivity contribution < 1.29 is 46.4 Å². The molecule has 3 aromatic carbocycles. The quantitative estimate of drug-likeness (QED) is 0.188. The zero-order valence-corrected chi connectivity index (χ0v) is 25.4. The number of rotatable bonds is 15. The Hall–Kier alpha value is -2.53. The van der Waals surface area contributed by atoms with Gasteiger partial charge in [-0.2, -0.15) is 8.78 Å². The lowest BCUT2D eigenvalue weighted by atomic mass is 9.92. The fraction of sp³-hybridized carbons (Fsp3) is 0.438. The Morgan fingerprint density at radius 1 is 0.744 bits per heavy atom. The van der Waals surface area contributed by atoms with Crippen molar-refractivity contribution in [3.8, 4) is 0 Å². The Labute approximate surface area is 251 Å². The smallest absolute Gasteiger partial charge is 0.368 e. The SMILES string of the molecule is CCOP(=O)(OCC)C(F)(F)[C@@]1(O)O[C@@H](C)[C@H](OCc2ccccc2)[C@@H](OCc2ccccc2)[C@H]1OCc1ccccc1. The van der Waals surface area contributed by atoms with Crippen LogP contribution in [0.4, 0.5) is 8.78 Å². The molecule has 0 saturated carbocycles. The van der Waals surface area contributed by atoms with Gasteiger partial charge in [0.05, 0.1) is 39.1 Å². The first-order valence-electron chi connectivity index (χ1n) is 14.3. The lowest BCUT2D eigenvalue weighted by Gasteiger charge is -2.52. The second kappa shape index (κ2) is 15.0. The molecular weight excluding hydrogens is 581 g/mol. The summed E-state index contributed by atoms with van der Waals surface area (Å²) in [6.45, 7) is 3.49. The summed E-state index contributed by atoms with van der Waals surface area (Å²) in [5.74, 6) is -3.49. The molecule has 8 nitrogen and oxygen atoms in total. The Balaban J connectivity index is 1.77. The van der Waals surface area contributed by atoms with Gasteiger partial charge >= 0.3 is 13.3 Å². The zero-order valence-electron chi connectivity index (χ0n) is 24.5. The maximum Gasteiger partial charge on any atom is 0.405 e. The molecule has 1 aliphatic rings. The number of hydrogen-bond donors (Lipinski definition) is 1. The summed E-state index contributed by atoms with van der Waals surface area (Å²) in [6.07, 6.45) is -5.32. The van der Waals surface area contributed by atoms with Gasteiger partial charge in [-0.3, -0.25) is 4.57 Å². The highest BCUT2D eigenvalue weighted by Crippen LogP contribution is 2.67. The summed E-state index contributed by atoms with van der Waals surface area (Å²) < 4.78 is 80.9. The van der Waals surface area contributed by atoms with Gasteiger partial charge in [-0.25, -0.2) is 0 Å². The van der Waals surface area contributed by atoms with Gasteiger partial charge in [-0.15, -0.1) is 0 Å². The van der Waals surface area contributed by atoms with Crippen LogP contribution >= 0.6 is 7.60 Å². The van der Waals surface area contributed by atoms with Crippen LogP contribution in [0.15, 0.2) is 91.0 Å². The van der Waals surface area contributed by atoms with Crippen LogP contribution in [0.1, 0.15) is 37.5 Å². The molecule has 0 aromatic heterocycles. The second-order valence-electron chi connectivity index (χ2n) is 10.1. The van der Waals surface area contributed by atoms with Crippen LogP contribution in [0.2, 0.25) is 0 Å². The normalized spacial score (nSPS) is 24.6. The van der Waals surface area contributed by atoms with Crippen molar-refractivity contribution in [3.63, 3.8) is 0 Å². The number of hydrogen-bond acceptors (Lipinski definition) is 8. The molecule has 4 rings (SSSR count). The number of halogens is 2. The highest BCUT2D eigenvalue weighted by atomic mass is 31.2. The Morgan fingerprint density at radius 3 is 1.56 bits per heavy atom. The average molecular weight is 621 g/mol. The average Bonchev–Trinajstić information content (AvgIpc) is 3.00. The summed E-state index contributed by atoms with van der Waals surface area (Å²) in [7, 11) is -5.29. The first-order chi connectivity index (χ1) is 20.6. The van der Waals surface area contributed by atoms with Crippen molar-refractivity contribution in [1.82, 2.24) is 0 Å². The first kappa shape index (κ1) is 33.4. The van der Waals surface area contributed by atoms with E-state index in [-0.39, 0.29) is 33.0 Å². The molecule has 1 heterocycles. The third kappa shape index (κ3) is 7.59. The molecule has 1 aliphatic heterocycles. The van der Waals surface area contributed by atoms with E-state index < -0.39 is 43.5 Å². The molecule has 0 amide bonds. The molecule has 1 saturated heterocycles. The van der Waals surface area contributed by atoms with E-state index in [1.807, 2.05) is 60.7 Å². The van der Waals surface area contributed by atoms with E-state index in [1.165, 1.54) is 20.8 Å². The van der Waals surface area contributed by atoms with Crippen LogP contribution in [0, 0.1) is 0 Å². The van der Waals surface area contributed by atoms with Crippen molar-refractivity contribution in [1.29, 1.82) is 0 Å². The monoisotopic (exact) mass is 620 g/mol. The van der Waals surface area contributed by atoms with Gasteiger partial charge in [-0.1, -0.05) is 91.0 Å². The van der Waals surface area contributed by atoms with Crippen LogP contribution in [-0.2, 0) is 52.4 Å². The largest absolute Gasteiger partial charge is 0.405 e. The minimum Gasteiger partial charge on any atom is -0.368 e. The molecule has 1 N–H and O–H groups in total. The van der Waals surface area contributed by atoms with E-state index in [0.717, 1.165) is 11.1 Å². The van der Waals surface area contributed by atoms with Gasteiger partial charge in [0, 0.05) is 0 Å². The van der Waals surface area contributed by atoms with Gasteiger partial charge in [-0.05, 0) is 37.5 Å². The number of alkyl halides is 2. The topological polar surface area (TPSA) is 92.7 Å². The summed E-state index contributed by atoms with van der Waals surface area (Å²) in [6, 6.07) is 27.3. The lowest BCUT2D eigenvalue weighted by molar-refractivity contribution is -0.405. The molecule has 43 heavy (non-hydrogen) atoms. The van der Waals surface area contributed by atoms with Gasteiger partial charge in [0.25, 0.3) is 5.79 Å². The predicted molar refractivity (Wildman–Crippen MR) is 156 cm³/mol. The van der Waals surface area contributed by atoms with Gasteiger partial charge in [0.2, 0.25) is 0 Å². The Kier molecular flexibility index (Phi) is 11.6. The van der Waals surface area contributed by atoms with Crippen molar-refractivity contribution >= 4 is 7.60 Å². The predicted octanol–water partition coefficient (Wildman–Crippen LogP) is 6.71. The van der Waals surface area contributed by atoms with E-state index in [2.05, 4.69) is 0 Å². The third-order valence-corrected chi connectivity index (χ3v) is 9.26. The summed E-state index contributed by atoms with van der Waals surface area (Å²) in [4.78, 5) is 0. The van der Waals surface area contributed by atoms with Crippen LogP contribution in [0.25, 0.3) is 0 Å². The highest BCUT2D eigenvalue weighted by molar-refractivity contribution is 7.55. The molecule has 0 radical (unpaired) electrons. The van der Waals surface area contributed by atoms with E-state index in [4.69, 9.17) is 28.0 Å². The standard InChI is InChI=1S/C32H39F2O8P/c1-4-40-43(36,41-5-2)32(33,34)31(35)30(39-23-27-19-13-8-14-20-27)29(38-22-26-17-11-7-12-18-26)28(24(3)42-31)37-21-25-15-9-6-10-16-25/h6-20,24,28-30,35H,4-5,21-23H2,1-3H3/t24-,28-,29+,30+,31-/m0/s1. The van der Waals surface area contributed by atoms with Gasteiger partial charge in [0.15, 0.2) is 0 Å². The molecule has 234 valence electrons. The fourth-order valence-electron chi connectivity index (χ4n) is 4.97. The fourth-order valence-corrected chi connectivity index (χ4v) is 6.62. The zero-order chi connectivity index (χ0) is 30.9. The molecule has 1 fully saturated rings. The first-order valence-corrected chi connectivity index (χ1v) is 15.8. The van der Waals surface area contributed by atoms with Gasteiger partial charge in [0.1, 0.15) is 18.3 Å². The van der Waals surface area contributed by atoms with Crippen molar-refractivity contribution in [3.05, 3.63) is 108 Å². The van der Waals surface area contributed by atoms with Crippen molar-refractivity contribution in [2.45, 2.75) is 76.5 Å². The van der Waals surface area contributed by atoms with E-state index >= 15 is 8.78 Å². The van der Waals surface area contributed by atoms with Crippen molar-refractivity contribution in [2.75, 3.05) is 13.2 Å². The molecule has 0 spiro atoms. The number of aliphatic hydroxyl groups is 1. The molecule has 5 atom stereocenters. The summed E-state index contributed by atoms with van der Waals surface area (Å²) >= 11 is 0. The Bertz CT molecular complexity index is 1290. The Morgan fingerprint density at radius 2 is 1.14 bits per heavy atom. The van der Waals surface area contributed by atoms with Crippen LogP contribution in [-0.4, -0.2) is 54.2 Å². The van der Waals surface area contributed by atoms with E-state index in [0.29, 0.717) is 5.56 Å². The summed E-state index contributed by atoms with van der Waals surface area (Å²) in [5, 5.41) is 11.9. The van der Waals surface area contributed by atoms with Crippen LogP contribution < -0.4 is 0 Å². The maximum atomic E-state index is 16.5. The number of benzene rings is 3. The second-order valence-corrected chi connectivity index (χ2v) is 12.2. The summed E-state index contributed by atoms with van der Waals surface area (Å²) in [5.41, 5.74) is -2.33. The van der Waals surface area contributed by atoms with Crippen LogP contribution in [0.5, 0.6) is 0 Å². The van der Waals surface area contributed by atoms with E-state index in [1.54, 1.807) is 30.3 Å². The minimum atomic E-state index is -5.29. The lowest BCUT2D eigenvalue weighted by Crippen LogP contribution is -2.71. The molecular formula is C32H39F2O8P. The molecule has 0 aliphatic carbocycles. The molecule has 3 aromatic rings. The minimum absolute atomic E-state index is 0.00907. The van der Waals surface area contributed by atoms with Crippen molar-refractivity contribution in [2.24, 2.45) is 0 Å². The highest BCUT2D eigenvalue weighted by Gasteiger charge is 2.75. The van der Waals surface area contributed by atoms with Crippen LogP contribution in [0.3, 0.4) is 0 Å². The van der Waals surface area contributed by atoms with Gasteiger partial charge < -0.3 is 33.1 Å².